The molecular formula is C23H45NO4. The first-order valence-electron chi connectivity index (χ1n) is 11.8. The SMILES string of the molecule is CCCCCCCCCCCCCCCOC(=O)C(CCC)NC(=O)OCC. The highest BCUT2D eigenvalue weighted by atomic mass is 16.6. The Labute approximate surface area is 173 Å². The van der Waals surface area contributed by atoms with Gasteiger partial charge in [-0.15, -0.1) is 0 Å². The van der Waals surface area contributed by atoms with E-state index >= 15 is 0 Å². The molecule has 0 aromatic rings. The summed E-state index contributed by atoms with van der Waals surface area (Å²) in [5.41, 5.74) is 0. The van der Waals surface area contributed by atoms with E-state index in [0.29, 0.717) is 19.6 Å². The third kappa shape index (κ3) is 16.9. The number of hydrogen-bond donors (Lipinski definition) is 1. The Kier molecular flexibility index (Phi) is 19.6. The van der Waals surface area contributed by atoms with E-state index < -0.39 is 12.1 Å². The topological polar surface area (TPSA) is 64.6 Å². The molecule has 1 N–H and O–H groups in total. The molecular weight excluding hydrogens is 354 g/mol. The van der Waals surface area contributed by atoms with Gasteiger partial charge in [-0.3, -0.25) is 0 Å². The van der Waals surface area contributed by atoms with Crippen molar-refractivity contribution in [3.05, 3.63) is 0 Å². The monoisotopic (exact) mass is 399 g/mol. The largest absolute Gasteiger partial charge is 0.464 e. The van der Waals surface area contributed by atoms with Crippen LogP contribution in [0.3, 0.4) is 0 Å². The van der Waals surface area contributed by atoms with Gasteiger partial charge in [-0.25, -0.2) is 9.59 Å². The Balaban J connectivity index is 3.55. The molecule has 0 rings (SSSR count). The molecule has 0 heterocycles. The normalized spacial score (nSPS) is 11.8. The number of unbranched alkanes of at least 4 members (excludes halogenated alkanes) is 12. The number of carbonyl (C=O) groups excluding carboxylic acids is 2. The highest BCUT2D eigenvalue weighted by Gasteiger charge is 2.21. The molecule has 0 aliphatic carbocycles. The molecule has 1 amide bonds. The molecule has 0 fully saturated rings. The van der Waals surface area contributed by atoms with Crippen LogP contribution in [0.4, 0.5) is 4.79 Å². The highest BCUT2D eigenvalue weighted by molar-refractivity contribution is 5.81. The van der Waals surface area contributed by atoms with Crippen LogP contribution in [0.2, 0.25) is 0 Å². The minimum atomic E-state index is -0.606. The molecule has 28 heavy (non-hydrogen) atoms. The molecule has 1 atom stereocenters. The zero-order valence-corrected chi connectivity index (χ0v) is 18.7. The van der Waals surface area contributed by atoms with Gasteiger partial charge in [0.1, 0.15) is 6.04 Å². The molecule has 0 aromatic heterocycles. The first-order valence-corrected chi connectivity index (χ1v) is 11.8. The lowest BCUT2D eigenvalue weighted by Crippen LogP contribution is -2.42. The molecule has 0 aromatic carbocycles. The zero-order valence-electron chi connectivity index (χ0n) is 18.7. The molecule has 1 unspecified atom stereocenters. The van der Waals surface area contributed by atoms with Gasteiger partial charge >= 0.3 is 12.1 Å². The molecule has 0 saturated carbocycles. The fourth-order valence-electron chi connectivity index (χ4n) is 3.25. The third-order valence-electron chi connectivity index (χ3n) is 4.92. The van der Waals surface area contributed by atoms with Crippen LogP contribution >= 0.6 is 0 Å². The minimum absolute atomic E-state index is 0.290. The molecule has 0 radical (unpaired) electrons. The lowest BCUT2D eigenvalue weighted by molar-refractivity contribution is -0.146. The van der Waals surface area contributed by atoms with Crippen LogP contribution in [0, 0.1) is 0 Å². The van der Waals surface area contributed by atoms with E-state index in [2.05, 4.69) is 12.2 Å². The van der Waals surface area contributed by atoms with Gasteiger partial charge in [-0.2, -0.15) is 0 Å². The standard InChI is InChI=1S/C23H45NO4/c1-4-7-8-9-10-11-12-13-14-15-16-17-18-20-28-22(25)21(19-5-2)24-23(26)27-6-3/h21H,4-20H2,1-3H3,(H,24,26). The van der Waals surface area contributed by atoms with E-state index in [1.807, 2.05) is 6.92 Å². The number of hydrogen-bond acceptors (Lipinski definition) is 4. The molecule has 166 valence electrons. The average Bonchev–Trinajstić information content (AvgIpc) is 2.68. The third-order valence-corrected chi connectivity index (χ3v) is 4.92. The number of rotatable bonds is 19. The summed E-state index contributed by atoms with van der Waals surface area (Å²) in [5.74, 6) is -0.353. The van der Waals surface area contributed by atoms with Crippen LogP contribution in [0.15, 0.2) is 0 Å². The van der Waals surface area contributed by atoms with Gasteiger partial charge < -0.3 is 14.8 Å². The summed E-state index contributed by atoms with van der Waals surface area (Å²) in [5, 5.41) is 2.58. The Morgan fingerprint density at radius 2 is 1.18 bits per heavy atom. The van der Waals surface area contributed by atoms with Gasteiger partial charge in [0.25, 0.3) is 0 Å². The van der Waals surface area contributed by atoms with Gasteiger partial charge in [0, 0.05) is 0 Å². The first-order chi connectivity index (χ1) is 13.7. The van der Waals surface area contributed by atoms with E-state index in [4.69, 9.17) is 9.47 Å². The summed E-state index contributed by atoms with van der Waals surface area (Å²) >= 11 is 0. The number of ether oxygens (including phenoxy) is 2. The fourth-order valence-corrected chi connectivity index (χ4v) is 3.25. The second kappa shape index (κ2) is 20.5. The molecule has 0 aliphatic heterocycles. The quantitative estimate of drug-likeness (QED) is 0.198. The van der Waals surface area contributed by atoms with E-state index in [9.17, 15) is 9.59 Å². The Morgan fingerprint density at radius 3 is 1.64 bits per heavy atom. The maximum Gasteiger partial charge on any atom is 0.407 e. The summed E-state index contributed by atoms with van der Waals surface area (Å²) in [4.78, 5) is 23.6. The van der Waals surface area contributed by atoms with Crippen molar-refractivity contribution in [2.75, 3.05) is 13.2 Å². The van der Waals surface area contributed by atoms with Crippen LogP contribution in [-0.2, 0) is 14.3 Å². The number of carbonyl (C=O) groups is 2. The number of esters is 1. The maximum absolute atomic E-state index is 12.1. The molecule has 0 spiro atoms. The molecule has 5 heteroatoms. The van der Waals surface area contributed by atoms with Crippen molar-refractivity contribution in [1.82, 2.24) is 5.32 Å². The first kappa shape index (κ1) is 26.7. The van der Waals surface area contributed by atoms with E-state index in [0.717, 1.165) is 19.3 Å². The number of alkyl carbamates (subject to hydrolysis) is 1. The van der Waals surface area contributed by atoms with Crippen molar-refractivity contribution in [2.24, 2.45) is 0 Å². The molecule has 5 nitrogen and oxygen atoms in total. The van der Waals surface area contributed by atoms with Gasteiger partial charge in [0.2, 0.25) is 0 Å². The number of amides is 1. The van der Waals surface area contributed by atoms with Crippen LogP contribution in [0.25, 0.3) is 0 Å². The lowest BCUT2D eigenvalue weighted by Gasteiger charge is -2.16. The van der Waals surface area contributed by atoms with Crippen molar-refractivity contribution < 1.29 is 19.1 Å². The van der Waals surface area contributed by atoms with Gasteiger partial charge in [0.15, 0.2) is 0 Å². The Bertz CT molecular complexity index is 374. The second-order valence-corrected chi connectivity index (χ2v) is 7.62. The molecule has 0 saturated heterocycles. The van der Waals surface area contributed by atoms with Crippen molar-refractivity contribution in [3.63, 3.8) is 0 Å². The maximum atomic E-state index is 12.1. The van der Waals surface area contributed by atoms with Gasteiger partial charge in [0.05, 0.1) is 13.2 Å². The Hall–Kier alpha value is -1.26. The smallest absolute Gasteiger partial charge is 0.407 e. The van der Waals surface area contributed by atoms with Crippen molar-refractivity contribution in [3.8, 4) is 0 Å². The van der Waals surface area contributed by atoms with Crippen LogP contribution in [-0.4, -0.2) is 31.3 Å². The summed E-state index contributed by atoms with van der Waals surface area (Å²) in [6, 6.07) is -0.606. The van der Waals surface area contributed by atoms with E-state index in [1.165, 1.54) is 70.6 Å². The number of nitrogens with one attached hydrogen (secondary N) is 1. The molecule has 0 bridgehead atoms. The van der Waals surface area contributed by atoms with E-state index in [1.54, 1.807) is 6.92 Å². The summed E-state index contributed by atoms with van der Waals surface area (Å²) < 4.78 is 10.2. The van der Waals surface area contributed by atoms with Crippen LogP contribution < -0.4 is 5.32 Å². The van der Waals surface area contributed by atoms with E-state index in [-0.39, 0.29) is 5.97 Å². The van der Waals surface area contributed by atoms with Crippen molar-refractivity contribution in [2.45, 2.75) is 123 Å². The summed E-state index contributed by atoms with van der Waals surface area (Å²) in [6.07, 6.45) is 17.6. The predicted octanol–water partition coefficient (Wildman–Crippen LogP) is 6.54. The van der Waals surface area contributed by atoms with Gasteiger partial charge in [-0.05, 0) is 19.8 Å². The van der Waals surface area contributed by atoms with Crippen molar-refractivity contribution >= 4 is 12.1 Å². The molecule has 0 aliphatic rings. The van der Waals surface area contributed by atoms with Gasteiger partial charge in [-0.1, -0.05) is 97.3 Å². The second-order valence-electron chi connectivity index (χ2n) is 7.62. The predicted molar refractivity (Wildman–Crippen MR) is 116 cm³/mol. The average molecular weight is 400 g/mol. The lowest BCUT2D eigenvalue weighted by atomic mass is 10.0. The zero-order chi connectivity index (χ0) is 20.9. The highest BCUT2D eigenvalue weighted by Crippen LogP contribution is 2.12. The van der Waals surface area contributed by atoms with Crippen molar-refractivity contribution in [1.29, 1.82) is 0 Å². The van der Waals surface area contributed by atoms with Crippen LogP contribution in [0.1, 0.15) is 117 Å². The summed E-state index contributed by atoms with van der Waals surface area (Å²) in [7, 11) is 0. The van der Waals surface area contributed by atoms with Crippen LogP contribution in [0.5, 0.6) is 0 Å². The summed E-state index contributed by atoms with van der Waals surface area (Å²) in [6.45, 7) is 6.69. The Morgan fingerprint density at radius 1 is 0.679 bits per heavy atom. The fraction of sp³-hybridized carbons (Fsp3) is 0.913. The minimum Gasteiger partial charge on any atom is -0.464 e.